The standard InChI is InChI=1S/C39H54F2N6O8/c1-4-5-6-7-13-33(48)43-28(19-25-17-26(40)20-27(41)18-25)34(49)44-29-22-55-39(54)32-16-23(2)21-47(32)36(51)24(3)42-35(50)30-11-8-9-14-45(30)38(53)31-12-10-15-46(31)37(29)52/h17-18,20,23-24,28-32H,4-16,19,21-22H2,1-3H3,(H,42,50)(H,43,48)(H,44,49)/t23-,24+,28+,29+,30+,31+,32+/m1/s1. The van der Waals surface area contributed by atoms with Crippen LogP contribution in [-0.2, 0) is 44.7 Å². The van der Waals surface area contributed by atoms with Crippen LogP contribution < -0.4 is 16.0 Å². The molecule has 0 spiro atoms. The third-order valence-corrected chi connectivity index (χ3v) is 11.0. The molecule has 302 valence electrons. The average molecular weight is 773 g/mol. The predicted molar refractivity (Wildman–Crippen MR) is 195 cm³/mol. The zero-order chi connectivity index (χ0) is 39.8. The summed E-state index contributed by atoms with van der Waals surface area (Å²) in [4.78, 5) is 101. The number of amides is 6. The summed E-state index contributed by atoms with van der Waals surface area (Å²) in [7, 11) is 0. The van der Waals surface area contributed by atoms with Crippen molar-refractivity contribution in [3.8, 4) is 0 Å². The van der Waals surface area contributed by atoms with E-state index in [0.29, 0.717) is 44.6 Å². The maximum absolute atomic E-state index is 14.4. The number of rotatable bonds is 10. The highest BCUT2D eigenvalue weighted by Gasteiger charge is 2.46. The number of nitrogens with one attached hydrogen (secondary N) is 3. The SMILES string of the molecule is CCCCCCC(=O)N[C@@H](Cc1cc(F)cc(F)c1)C(=O)N[C@H]1COC(=O)[C@@H]2C[C@@H](C)CN2C(=O)[C@H](C)NC(=O)[C@@H]2CCCCN2C(=O)[C@@H]2CCCN2C1=O. The molecule has 0 bridgehead atoms. The third kappa shape index (κ3) is 10.4. The third-order valence-electron chi connectivity index (χ3n) is 11.0. The van der Waals surface area contributed by atoms with Crippen LogP contribution in [0, 0.1) is 17.6 Å². The second kappa shape index (κ2) is 18.8. The molecule has 16 heteroatoms. The van der Waals surface area contributed by atoms with Gasteiger partial charge in [-0.25, -0.2) is 13.6 Å². The maximum Gasteiger partial charge on any atom is 0.328 e. The number of nitrogens with zero attached hydrogens (tertiary/aromatic N) is 3. The van der Waals surface area contributed by atoms with Crippen LogP contribution >= 0.6 is 0 Å². The minimum absolute atomic E-state index is 0.0827. The predicted octanol–water partition coefficient (Wildman–Crippen LogP) is 2.12. The molecule has 1 aromatic carbocycles. The monoisotopic (exact) mass is 772 g/mol. The van der Waals surface area contributed by atoms with Crippen LogP contribution in [0.2, 0.25) is 0 Å². The van der Waals surface area contributed by atoms with Crippen LogP contribution in [0.15, 0.2) is 18.2 Å². The topological polar surface area (TPSA) is 175 Å². The van der Waals surface area contributed by atoms with Crippen molar-refractivity contribution in [3.63, 3.8) is 0 Å². The summed E-state index contributed by atoms with van der Waals surface area (Å²) in [5.74, 6) is -6.13. The van der Waals surface area contributed by atoms with Gasteiger partial charge in [-0.2, -0.15) is 0 Å². The van der Waals surface area contributed by atoms with E-state index in [0.717, 1.165) is 31.4 Å². The minimum Gasteiger partial charge on any atom is -0.461 e. The van der Waals surface area contributed by atoms with Gasteiger partial charge in [-0.1, -0.05) is 33.1 Å². The van der Waals surface area contributed by atoms with Crippen LogP contribution in [-0.4, -0.2) is 119 Å². The lowest BCUT2D eigenvalue weighted by molar-refractivity contribution is -0.158. The molecule has 6 amide bonds. The van der Waals surface area contributed by atoms with E-state index in [9.17, 15) is 42.3 Å². The van der Waals surface area contributed by atoms with Crippen molar-refractivity contribution in [3.05, 3.63) is 35.4 Å². The van der Waals surface area contributed by atoms with Gasteiger partial charge in [0.2, 0.25) is 35.4 Å². The molecule has 4 heterocycles. The van der Waals surface area contributed by atoms with Gasteiger partial charge in [-0.05, 0) is 75.5 Å². The first-order valence-corrected chi connectivity index (χ1v) is 19.7. The summed E-state index contributed by atoms with van der Waals surface area (Å²) >= 11 is 0. The first kappa shape index (κ1) is 41.5. The molecule has 4 fully saturated rings. The molecule has 7 atom stereocenters. The van der Waals surface area contributed by atoms with Gasteiger partial charge < -0.3 is 35.4 Å². The van der Waals surface area contributed by atoms with Crippen LogP contribution in [0.4, 0.5) is 8.78 Å². The lowest BCUT2D eigenvalue weighted by Gasteiger charge is -2.39. The molecule has 3 N–H and O–H groups in total. The number of piperidine rings is 1. The molecule has 1 aromatic rings. The van der Waals surface area contributed by atoms with Crippen LogP contribution in [0.5, 0.6) is 0 Å². The molecular formula is C39H54F2N6O8. The van der Waals surface area contributed by atoms with Crippen LogP contribution in [0.25, 0.3) is 0 Å². The Labute approximate surface area is 320 Å². The number of ether oxygens (including phenoxy) is 1. The fourth-order valence-electron chi connectivity index (χ4n) is 8.14. The zero-order valence-corrected chi connectivity index (χ0v) is 32.0. The molecule has 0 unspecified atom stereocenters. The van der Waals surface area contributed by atoms with E-state index in [1.54, 1.807) is 0 Å². The van der Waals surface area contributed by atoms with Gasteiger partial charge in [0.05, 0.1) is 0 Å². The number of fused-ring (bicyclic) bond motifs is 3. The number of cyclic esters (lactones) is 1. The van der Waals surface area contributed by atoms with Gasteiger partial charge in [0.15, 0.2) is 0 Å². The minimum atomic E-state index is -1.53. The summed E-state index contributed by atoms with van der Waals surface area (Å²) in [6.07, 6.45) is 5.70. The second-order valence-electron chi connectivity index (χ2n) is 15.4. The van der Waals surface area contributed by atoms with E-state index in [4.69, 9.17) is 4.74 Å². The van der Waals surface area contributed by atoms with Crippen LogP contribution in [0.3, 0.4) is 0 Å². The molecule has 14 nitrogen and oxygen atoms in total. The summed E-state index contributed by atoms with van der Waals surface area (Å²) < 4.78 is 34.1. The molecule has 0 radical (unpaired) electrons. The van der Waals surface area contributed by atoms with Crippen molar-refractivity contribution in [1.82, 2.24) is 30.7 Å². The van der Waals surface area contributed by atoms with Gasteiger partial charge in [-0.3, -0.25) is 28.8 Å². The molecule has 0 aromatic heterocycles. The Morgan fingerprint density at radius 1 is 0.855 bits per heavy atom. The number of benzene rings is 1. The number of hydrogen-bond acceptors (Lipinski definition) is 8. The molecule has 4 aliphatic rings. The second-order valence-corrected chi connectivity index (χ2v) is 15.4. The Hall–Kier alpha value is -4.63. The molecule has 0 aliphatic carbocycles. The largest absolute Gasteiger partial charge is 0.461 e. The van der Waals surface area contributed by atoms with Gasteiger partial charge in [0.1, 0.15) is 54.5 Å². The van der Waals surface area contributed by atoms with Crippen molar-refractivity contribution in [2.45, 2.75) is 134 Å². The molecular weight excluding hydrogens is 718 g/mol. The van der Waals surface area contributed by atoms with E-state index in [-0.39, 0.29) is 50.4 Å². The van der Waals surface area contributed by atoms with Gasteiger partial charge in [0.25, 0.3) is 0 Å². The van der Waals surface area contributed by atoms with E-state index in [1.165, 1.54) is 21.6 Å². The molecule has 5 rings (SSSR count). The molecule has 55 heavy (non-hydrogen) atoms. The fraction of sp³-hybridized carbons (Fsp3) is 0.667. The Morgan fingerprint density at radius 3 is 2.27 bits per heavy atom. The van der Waals surface area contributed by atoms with Crippen molar-refractivity contribution < 1.29 is 47.1 Å². The highest BCUT2D eigenvalue weighted by Crippen LogP contribution is 2.28. The molecule has 0 saturated carbocycles. The number of hydrogen-bond donors (Lipinski definition) is 3. The number of carbonyl (C=O) groups is 7. The molecule has 4 saturated heterocycles. The first-order valence-electron chi connectivity index (χ1n) is 19.7. The number of unbranched alkanes of at least 4 members (excludes halogenated alkanes) is 3. The summed E-state index contributed by atoms with van der Waals surface area (Å²) in [6.45, 7) is 5.43. The van der Waals surface area contributed by atoms with E-state index < -0.39 is 95.9 Å². The van der Waals surface area contributed by atoms with E-state index in [2.05, 4.69) is 16.0 Å². The lowest BCUT2D eigenvalue weighted by Crippen LogP contribution is -2.62. The Kier molecular flexibility index (Phi) is 14.2. The van der Waals surface area contributed by atoms with E-state index in [1.807, 2.05) is 13.8 Å². The van der Waals surface area contributed by atoms with Crippen molar-refractivity contribution in [2.24, 2.45) is 5.92 Å². The van der Waals surface area contributed by atoms with Crippen LogP contribution in [0.1, 0.15) is 97.0 Å². The van der Waals surface area contributed by atoms with Gasteiger partial charge in [-0.15, -0.1) is 0 Å². The summed E-state index contributed by atoms with van der Waals surface area (Å²) in [6, 6.07) is -3.99. The zero-order valence-electron chi connectivity index (χ0n) is 32.0. The first-order chi connectivity index (χ1) is 26.3. The quantitative estimate of drug-likeness (QED) is 0.240. The Morgan fingerprint density at radius 2 is 1.55 bits per heavy atom. The number of esters is 1. The van der Waals surface area contributed by atoms with Gasteiger partial charge in [0, 0.05) is 38.5 Å². The fourth-order valence-corrected chi connectivity index (χ4v) is 8.14. The van der Waals surface area contributed by atoms with Crippen molar-refractivity contribution >= 4 is 41.4 Å². The molecule has 4 aliphatic heterocycles. The van der Waals surface area contributed by atoms with Crippen molar-refractivity contribution in [2.75, 3.05) is 26.2 Å². The Balaban J connectivity index is 1.46. The normalized spacial score (nSPS) is 27.1. The maximum atomic E-state index is 14.4. The smallest absolute Gasteiger partial charge is 0.328 e. The lowest BCUT2D eigenvalue weighted by atomic mass is 9.99. The number of carbonyl (C=O) groups excluding carboxylic acids is 7. The number of halogens is 2. The van der Waals surface area contributed by atoms with Gasteiger partial charge >= 0.3 is 5.97 Å². The Bertz CT molecular complexity index is 1610. The average Bonchev–Trinajstić information content (AvgIpc) is 3.80. The highest BCUT2D eigenvalue weighted by molar-refractivity contribution is 5.97. The van der Waals surface area contributed by atoms with Crippen molar-refractivity contribution in [1.29, 1.82) is 0 Å². The summed E-state index contributed by atoms with van der Waals surface area (Å²) in [5, 5.41) is 8.03. The highest BCUT2D eigenvalue weighted by atomic mass is 19.1. The van der Waals surface area contributed by atoms with E-state index >= 15 is 0 Å². The summed E-state index contributed by atoms with van der Waals surface area (Å²) in [5.41, 5.74) is 0.0827.